The van der Waals surface area contributed by atoms with E-state index in [2.05, 4.69) is 15.2 Å². The van der Waals surface area contributed by atoms with Gasteiger partial charge in [-0.1, -0.05) is 18.2 Å². The van der Waals surface area contributed by atoms with Crippen LogP contribution in [0.4, 0.5) is 18.9 Å². The van der Waals surface area contributed by atoms with Gasteiger partial charge in [-0.25, -0.2) is 0 Å². The largest absolute Gasteiger partial charge is 0.490 e. The van der Waals surface area contributed by atoms with Crippen LogP contribution in [0.15, 0.2) is 54.9 Å². The summed E-state index contributed by atoms with van der Waals surface area (Å²) >= 11 is 0. The number of rotatable bonds is 11. The fraction of sp³-hybridized carbons (Fsp3) is 0.333. The molecular weight excluding hydrogens is 451 g/mol. The first-order valence-corrected chi connectivity index (χ1v) is 10.7. The van der Waals surface area contributed by atoms with Gasteiger partial charge in [0, 0.05) is 11.8 Å². The minimum Gasteiger partial charge on any atom is -0.490 e. The number of anilines is 1. The standard InChI is InChI=1S/C24H26F3N3O4/c1-3-33-21-9-8-17(11-22(21)34-4-2)13-30-14-20(12-28-30)29-23(31)19-7-5-6-18(10-19)15-32-16-24(25,26)27/h5-12,14H,3-4,13,15-16H2,1-2H3,(H,29,31). The molecule has 182 valence electrons. The van der Waals surface area contributed by atoms with Gasteiger partial charge in [0.25, 0.3) is 5.91 Å². The van der Waals surface area contributed by atoms with Crippen LogP contribution in [-0.2, 0) is 17.9 Å². The van der Waals surface area contributed by atoms with Gasteiger partial charge in [0.05, 0.1) is 38.2 Å². The number of aromatic nitrogens is 2. The van der Waals surface area contributed by atoms with E-state index in [1.54, 1.807) is 29.1 Å². The summed E-state index contributed by atoms with van der Waals surface area (Å²) in [5.41, 5.74) is 2.20. The van der Waals surface area contributed by atoms with Gasteiger partial charge < -0.3 is 19.5 Å². The van der Waals surface area contributed by atoms with E-state index in [0.29, 0.717) is 48.1 Å². The van der Waals surface area contributed by atoms with Crippen LogP contribution in [0.2, 0.25) is 0 Å². The molecule has 0 aliphatic carbocycles. The second-order valence-electron chi connectivity index (χ2n) is 7.34. The van der Waals surface area contributed by atoms with Gasteiger partial charge in [0.15, 0.2) is 11.5 Å². The molecule has 1 N–H and O–H groups in total. The number of hydrogen-bond acceptors (Lipinski definition) is 5. The molecule has 0 bridgehead atoms. The molecule has 0 saturated carbocycles. The molecule has 1 amide bonds. The number of hydrogen-bond donors (Lipinski definition) is 1. The van der Waals surface area contributed by atoms with Crippen molar-refractivity contribution in [1.29, 1.82) is 0 Å². The second-order valence-corrected chi connectivity index (χ2v) is 7.34. The maximum absolute atomic E-state index is 12.6. The highest BCUT2D eigenvalue weighted by Gasteiger charge is 2.27. The van der Waals surface area contributed by atoms with Crippen molar-refractivity contribution >= 4 is 11.6 Å². The lowest BCUT2D eigenvalue weighted by Gasteiger charge is -2.12. The van der Waals surface area contributed by atoms with E-state index in [1.165, 1.54) is 12.3 Å². The molecule has 1 heterocycles. The molecule has 3 rings (SSSR count). The minimum absolute atomic E-state index is 0.246. The molecule has 3 aromatic rings. The predicted octanol–water partition coefficient (Wildman–Crippen LogP) is 5.06. The summed E-state index contributed by atoms with van der Waals surface area (Å²) in [7, 11) is 0. The molecule has 10 heteroatoms. The van der Waals surface area contributed by atoms with Crippen LogP contribution in [0.1, 0.15) is 35.3 Å². The van der Waals surface area contributed by atoms with Crippen molar-refractivity contribution in [3.05, 3.63) is 71.5 Å². The van der Waals surface area contributed by atoms with Crippen LogP contribution in [0, 0.1) is 0 Å². The van der Waals surface area contributed by atoms with Crippen molar-refractivity contribution in [2.45, 2.75) is 33.2 Å². The summed E-state index contributed by atoms with van der Waals surface area (Å²) in [5, 5.41) is 7.02. The van der Waals surface area contributed by atoms with E-state index in [9.17, 15) is 18.0 Å². The number of carbonyl (C=O) groups excluding carboxylic acids is 1. The van der Waals surface area contributed by atoms with Gasteiger partial charge in [-0.2, -0.15) is 18.3 Å². The third-order valence-electron chi connectivity index (χ3n) is 4.57. The Morgan fingerprint density at radius 2 is 1.79 bits per heavy atom. The van der Waals surface area contributed by atoms with Crippen LogP contribution >= 0.6 is 0 Å². The Bertz CT molecular complexity index is 1100. The summed E-state index contributed by atoms with van der Waals surface area (Å²) in [6.45, 7) is 3.71. The van der Waals surface area contributed by atoms with E-state index in [-0.39, 0.29) is 6.61 Å². The van der Waals surface area contributed by atoms with E-state index < -0.39 is 18.7 Å². The molecule has 1 aromatic heterocycles. The Kier molecular flexibility index (Phi) is 8.53. The second kappa shape index (κ2) is 11.6. The highest BCUT2D eigenvalue weighted by molar-refractivity contribution is 6.04. The Labute approximate surface area is 195 Å². The van der Waals surface area contributed by atoms with Crippen molar-refractivity contribution in [3.63, 3.8) is 0 Å². The highest BCUT2D eigenvalue weighted by atomic mass is 19.4. The molecule has 0 aliphatic heterocycles. The molecule has 0 aliphatic rings. The number of carbonyl (C=O) groups is 1. The van der Waals surface area contributed by atoms with Crippen LogP contribution < -0.4 is 14.8 Å². The average Bonchev–Trinajstić information content (AvgIpc) is 3.22. The van der Waals surface area contributed by atoms with E-state index in [4.69, 9.17) is 9.47 Å². The van der Waals surface area contributed by atoms with Gasteiger partial charge in [-0.3, -0.25) is 9.48 Å². The van der Waals surface area contributed by atoms with Gasteiger partial charge in [-0.15, -0.1) is 0 Å². The van der Waals surface area contributed by atoms with Crippen LogP contribution in [0.5, 0.6) is 11.5 Å². The smallest absolute Gasteiger partial charge is 0.411 e. The lowest BCUT2D eigenvalue weighted by atomic mass is 10.1. The summed E-state index contributed by atoms with van der Waals surface area (Å²) < 4.78 is 54.3. The molecule has 0 fully saturated rings. The molecule has 0 saturated heterocycles. The Morgan fingerprint density at radius 1 is 1.03 bits per heavy atom. The molecule has 0 radical (unpaired) electrons. The first-order chi connectivity index (χ1) is 16.3. The van der Waals surface area contributed by atoms with Crippen LogP contribution in [0.25, 0.3) is 0 Å². The topological polar surface area (TPSA) is 74.6 Å². The summed E-state index contributed by atoms with van der Waals surface area (Å²) in [4.78, 5) is 12.6. The van der Waals surface area contributed by atoms with Gasteiger partial charge in [0.2, 0.25) is 0 Å². The third-order valence-corrected chi connectivity index (χ3v) is 4.57. The van der Waals surface area contributed by atoms with Gasteiger partial charge in [-0.05, 0) is 49.2 Å². The van der Waals surface area contributed by atoms with E-state index in [0.717, 1.165) is 5.56 Å². The molecule has 2 aromatic carbocycles. The zero-order chi connectivity index (χ0) is 24.6. The monoisotopic (exact) mass is 477 g/mol. The molecule has 0 spiro atoms. The van der Waals surface area contributed by atoms with E-state index in [1.807, 2.05) is 32.0 Å². The summed E-state index contributed by atoms with van der Waals surface area (Å²) in [5.74, 6) is 0.922. The van der Waals surface area contributed by atoms with E-state index >= 15 is 0 Å². The average molecular weight is 477 g/mol. The molecule has 0 atom stereocenters. The van der Waals surface area contributed by atoms with Gasteiger partial charge >= 0.3 is 6.18 Å². The summed E-state index contributed by atoms with van der Waals surface area (Å²) in [6.07, 6.45) is -1.19. The Morgan fingerprint density at radius 3 is 2.53 bits per heavy atom. The fourth-order valence-electron chi connectivity index (χ4n) is 3.19. The SMILES string of the molecule is CCOc1ccc(Cn2cc(NC(=O)c3cccc(COCC(F)(F)F)c3)cn2)cc1OCC. The summed E-state index contributed by atoms with van der Waals surface area (Å²) in [6, 6.07) is 11.9. The zero-order valence-corrected chi connectivity index (χ0v) is 18.9. The molecular formula is C24H26F3N3O4. The Hall–Kier alpha value is -3.53. The lowest BCUT2D eigenvalue weighted by Crippen LogP contribution is -2.17. The lowest BCUT2D eigenvalue weighted by molar-refractivity contribution is -0.176. The number of alkyl halides is 3. The van der Waals surface area contributed by atoms with Gasteiger partial charge in [0.1, 0.15) is 6.61 Å². The number of amides is 1. The quantitative estimate of drug-likeness (QED) is 0.418. The van der Waals surface area contributed by atoms with Crippen molar-refractivity contribution in [3.8, 4) is 11.5 Å². The van der Waals surface area contributed by atoms with Crippen molar-refractivity contribution in [2.75, 3.05) is 25.1 Å². The molecule has 34 heavy (non-hydrogen) atoms. The number of nitrogens with zero attached hydrogens (tertiary/aromatic N) is 2. The van der Waals surface area contributed by atoms with Crippen molar-refractivity contribution < 1.29 is 32.2 Å². The first-order valence-electron chi connectivity index (χ1n) is 10.7. The van der Waals surface area contributed by atoms with Crippen LogP contribution in [0.3, 0.4) is 0 Å². The maximum Gasteiger partial charge on any atom is 0.411 e. The van der Waals surface area contributed by atoms with Crippen molar-refractivity contribution in [2.24, 2.45) is 0 Å². The minimum atomic E-state index is -4.40. The predicted molar refractivity (Wildman–Crippen MR) is 120 cm³/mol. The number of halogens is 3. The van der Waals surface area contributed by atoms with Crippen LogP contribution in [-0.4, -0.2) is 41.7 Å². The highest BCUT2D eigenvalue weighted by Crippen LogP contribution is 2.29. The first kappa shape index (κ1) is 25.1. The molecule has 0 unspecified atom stereocenters. The fourth-order valence-corrected chi connectivity index (χ4v) is 3.19. The number of benzene rings is 2. The van der Waals surface area contributed by atoms with Crippen molar-refractivity contribution in [1.82, 2.24) is 9.78 Å². The Balaban J connectivity index is 1.61. The normalized spacial score (nSPS) is 11.3. The number of nitrogens with one attached hydrogen (secondary N) is 1. The zero-order valence-electron chi connectivity index (χ0n) is 18.9. The number of ether oxygens (including phenoxy) is 3. The third kappa shape index (κ3) is 7.51. The maximum atomic E-state index is 12.6. The molecule has 7 nitrogen and oxygen atoms in total.